The highest BCUT2D eigenvalue weighted by Crippen LogP contribution is 2.74. The van der Waals surface area contributed by atoms with Crippen LogP contribution in [0.25, 0.3) is 0 Å². The van der Waals surface area contributed by atoms with E-state index in [-0.39, 0.29) is 13.2 Å². The summed E-state index contributed by atoms with van der Waals surface area (Å²) in [5.41, 5.74) is 0. The number of hydrogen-bond donors (Lipinski definition) is 5. The molecule has 0 aliphatic rings. The van der Waals surface area contributed by atoms with Crippen molar-refractivity contribution in [3.8, 4) is 0 Å². The molecule has 1 aromatic carbocycles. The third-order valence-corrected chi connectivity index (χ3v) is 12.4. The number of unbranched alkanes of at least 4 members (excludes halogenated alkanes) is 4. The molecule has 0 amide bonds. The minimum Gasteiger partial charge on any atom is -0.302 e. The molecule has 0 spiro atoms. The fourth-order valence-corrected chi connectivity index (χ4v) is 9.54. The maximum atomic E-state index is 12.9. The van der Waals surface area contributed by atoms with E-state index in [1.807, 2.05) is 64.1 Å². The summed E-state index contributed by atoms with van der Waals surface area (Å²) in [4.78, 5) is 45.5. The van der Waals surface area contributed by atoms with E-state index in [1.54, 1.807) is 0 Å². The van der Waals surface area contributed by atoms with Crippen LogP contribution in [0.15, 0.2) is 36.4 Å². The molecule has 254 valence electrons. The van der Waals surface area contributed by atoms with E-state index in [0.29, 0.717) is 37.5 Å². The number of benzene rings is 1. The van der Waals surface area contributed by atoms with Crippen LogP contribution in [-0.4, -0.2) is 37.7 Å². The van der Waals surface area contributed by atoms with Crippen LogP contribution in [0.3, 0.4) is 0 Å². The summed E-state index contributed by atoms with van der Waals surface area (Å²) in [6, 6.07) is 12.0. The number of phosphoric acid groups is 5. The van der Waals surface area contributed by atoms with Gasteiger partial charge in [-0.1, -0.05) is 103 Å². The van der Waals surface area contributed by atoms with Crippen molar-refractivity contribution in [1.82, 2.24) is 0 Å². The summed E-state index contributed by atoms with van der Waals surface area (Å²) in [6.07, 6.45) is 5.66. The van der Waals surface area contributed by atoms with E-state index in [4.69, 9.17) is 23.7 Å². The van der Waals surface area contributed by atoms with Crippen LogP contribution in [0.2, 0.25) is 0 Å². The van der Waals surface area contributed by atoms with Crippen LogP contribution in [0.1, 0.15) is 79.1 Å². The molecule has 5 N–H and O–H groups in total. The molecule has 1 aromatic rings. The molecule has 0 radical (unpaired) electrons. The first-order chi connectivity index (χ1) is 19.7. The fourth-order valence-electron chi connectivity index (χ4n) is 3.05. The second-order valence-electron chi connectivity index (χ2n) is 9.98. The van der Waals surface area contributed by atoms with Gasteiger partial charge in [0.2, 0.25) is 0 Å². The van der Waals surface area contributed by atoms with Gasteiger partial charge in [-0.25, -0.2) is 22.8 Å². The molecule has 0 heterocycles. The Morgan fingerprint density at radius 3 is 1.14 bits per heavy atom. The van der Waals surface area contributed by atoms with Crippen molar-refractivity contribution in [3.63, 3.8) is 0 Å². The Hall–Kier alpha value is -0.0700. The summed E-state index contributed by atoms with van der Waals surface area (Å²) in [6.45, 7) is 7.73. The van der Waals surface area contributed by atoms with Gasteiger partial charge in [-0.15, -0.1) is 0 Å². The number of rotatable bonds is 22. The fraction of sp³-hybridized carbons (Fsp3) is 0.727. The number of hydrogen-bond acceptors (Lipinski definition) is 11. The average Bonchev–Trinajstić information content (AvgIpc) is 2.81. The molecule has 0 aromatic heterocycles. The van der Waals surface area contributed by atoms with Gasteiger partial charge in [0.25, 0.3) is 0 Å². The van der Waals surface area contributed by atoms with E-state index >= 15 is 0 Å². The zero-order chi connectivity index (χ0) is 33.2. The van der Waals surface area contributed by atoms with Crippen molar-refractivity contribution in [2.24, 2.45) is 11.8 Å². The van der Waals surface area contributed by atoms with Gasteiger partial charge in [-0.2, -0.15) is 17.2 Å². The minimum atomic E-state index is -6.06. The summed E-state index contributed by atoms with van der Waals surface area (Å²) < 4.78 is 84.3. The molecule has 0 saturated heterocycles. The van der Waals surface area contributed by atoms with Gasteiger partial charge >= 0.3 is 39.1 Å². The molecule has 0 aliphatic carbocycles. The van der Waals surface area contributed by atoms with Crippen molar-refractivity contribution in [2.45, 2.75) is 79.1 Å². The Labute approximate surface area is 253 Å². The van der Waals surface area contributed by atoms with Crippen LogP contribution in [0.4, 0.5) is 0 Å². The quantitative estimate of drug-likeness (QED) is 0.0569. The Bertz CT molecular complexity index is 1080. The molecular weight excluding hydrogens is 675 g/mol. The van der Waals surface area contributed by atoms with Gasteiger partial charge in [0.15, 0.2) is 0 Å². The van der Waals surface area contributed by atoms with Gasteiger partial charge in [0, 0.05) is 0 Å². The molecule has 21 heteroatoms. The van der Waals surface area contributed by atoms with Crippen LogP contribution in [-0.2, 0) is 49.1 Å². The summed E-state index contributed by atoms with van der Waals surface area (Å²) >= 11 is 0. The Kier molecular flexibility index (Phi) is 20.9. The third kappa shape index (κ3) is 26.8. The Morgan fingerprint density at radius 1 is 0.488 bits per heavy atom. The maximum absolute atomic E-state index is 12.9. The smallest absolute Gasteiger partial charge is 0.302 e. The zero-order valence-electron chi connectivity index (χ0n) is 24.7. The minimum absolute atomic E-state index is 0.224. The summed E-state index contributed by atoms with van der Waals surface area (Å²) in [7, 11) is -28.4. The van der Waals surface area contributed by atoms with Crippen LogP contribution >= 0.6 is 39.1 Å². The highest BCUT2D eigenvalue weighted by Gasteiger charge is 2.48. The van der Waals surface area contributed by atoms with Gasteiger partial charge in [-0.05, 0) is 24.7 Å². The van der Waals surface area contributed by atoms with Crippen LogP contribution in [0.5, 0.6) is 0 Å². The van der Waals surface area contributed by atoms with Gasteiger partial charge in [-0.3, -0.25) is 9.05 Å². The van der Waals surface area contributed by atoms with Gasteiger partial charge < -0.3 is 24.5 Å². The first kappa shape index (κ1) is 42.9. The lowest BCUT2D eigenvalue weighted by Crippen LogP contribution is -2.04. The third-order valence-electron chi connectivity index (χ3n) is 4.84. The topological polar surface area (TPSA) is 242 Å². The predicted molar refractivity (Wildman–Crippen MR) is 158 cm³/mol. The Balaban J connectivity index is 0.00000259. The number of phosphoric ester groups is 1. The standard InChI is InChI=1S/C16H39O16P5.C6H6/c1-15(2)11-7-5-9-13-27-37(26,28-14-10-6-8-12-16(3)4)32-36(24,25)31-35(22,23)30-34(20,21)29-33(17,18)19;1-2-4-6-5-3-1/h15-16H,5-14H2,1-4H3,(H,20,21)(H,22,23)(H,24,25)(H2,17,18,19);1-6H. The average molecular weight is 720 g/mol. The van der Waals surface area contributed by atoms with E-state index in [1.165, 1.54) is 0 Å². The zero-order valence-corrected chi connectivity index (χ0v) is 29.1. The lowest BCUT2D eigenvalue weighted by Gasteiger charge is -2.22. The first-order valence-electron chi connectivity index (χ1n) is 13.4. The molecule has 0 fully saturated rings. The largest absolute Gasteiger partial charge is 0.490 e. The van der Waals surface area contributed by atoms with E-state index in [2.05, 4.69) is 17.2 Å². The highest BCUT2D eigenvalue weighted by atomic mass is 31.3. The monoisotopic (exact) mass is 720 g/mol. The normalized spacial score (nSPS) is 16.6. The van der Waals surface area contributed by atoms with Crippen LogP contribution in [0, 0.1) is 11.8 Å². The van der Waals surface area contributed by atoms with Crippen molar-refractivity contribution >= 4 is 39.1 Å². The molecule has 0 saturated carbocycles. The highest BCUT2D eigenvalue weighted by molar-refractivity contribution is 7.71. The summed E-state index contributed by atoms with van der Waals surface area (Å²) in [5, 5.41) is 0. The molecule has 0 aliphatic heterocycles. The second-order valence-corrected chi connectivity index (χ2v) is 17.8. The van der Waals surface area contributed by atoms with Crippen LogP contribution < -0.4 is 0 Å². The van der Waals surface area contributed by atoms with E-state index in [0.717, 1.165) is 25.7 Å². The van der Waals surface area contributed by atoms with Crippen molar-refractivity contribution in [2.75, 3.05) is 13.2 Å². The maximum Gasteiger partial charge on any atom is 0.490 e. The molecule has 1 rings (SSSR count). The van der Waals surface area contributed by atoms with Crippen molar-refractivity contribution < 1.29 is 73.6 Å². The first-order valence-corrected chi connectivity index (χ1v) is 20.9. The summed E-state index contributed by atoms with van der Waals surface area (Å²) in [5.74, 6) is 0.953. The van der Waals surface area contributed by atoms with Gasteiger partial charge in [0.05, 0.1) is 13.2 Å². The van der Waals surface area contributed by atoms with E-state index in [9.17, 15) is 32.6 Å². The lowest BCUT2D eigenvalue weighted by atomic mass is 10.1. The van der Waals surface area contributed by atoms with Crippen molar-refractivity contribution in [1.29, 1.82) is 0 Å². The molecule has 0 bridgehead atoms. The SMILES string of the molecule is CC(C)CCCCCOP(=O)(OCCCCCC(C)C)OP(=O)(O)OP(=O)(O)OP(=O)(O)OP(=O)(O)O.c1ccccc1. The molecule has 16 nitrogen and oxygen atoms in total. The molecule has 3 unspecified atom stereocenters. The van der Waals surface area contributed by atoms with Crippen molar-refractivity contribution in [3.05, 3.63) is 36.4 Å². The van der Waals surface area contributed by atoms with E-state index < -0.39 is 39.1 Å². The Morgan fingerprint density at radius 2 is 0.814 bits per heavy atom. The predicted octanol–water partition coefficient (Wildman–Crippen LogP) is 7.71. The molecule has 3 atom stereocenters. The van der Waals surface area contributed by atoms with Gasteiger partial charge in [0.1, 0.15) is 0 Å². The molecule has 43 heavy (non-hydrogen) atoms. The lowest BCUT2D eigenvalue weighted by molar-refractivity contribution is 0.133. The molecular formula is C22H45O16P5. The second kappa shape index (κ2) is 20.9.